The highest BCUT2D eigenvalue weighted by Crippen LogP contribution is 2.30. The molecule has 1 N–H and O–H groups in total. The van der Waals surface area contributed by atoms with Crippen LogP contribution in [0.15, 0.2) is 18.2 Å². The first-order valence-corrected chi connectivity index (χ1v) is 7.35. The van der Waals surface area contributed by atoms with E-state index in [0.717, 1.165) is 16.9 Å². The number of hydrogen-bond acceptors (Lipinski definition) is 2. The van der Waals surface area contributed by atoms with Crippen LogP contribution in [0.25, 0.3) is 0 Å². The fraction of sp³-hybridized carbons (Fsp3) is 0.467. The standard InChI is InChI=1S/C15H19ClN2O2/c1-3-14(19)17-12-5-4-10(2)13(7-12)18-9-11(8-16)6-15(18)20/h4-5,7,11H,3,6,8-9H2,1-2H3,(H,17,19). The number of carbonyl (C=O) groups is 2. The average molecular weight is 295 g/mol. The normalized spacial score (nSPS) is 18.4. The summed E-state index contributed by atoms with van der Waals surface area (Å²) in [5.41, 5.74) is 2.60. The van der Waals surface area contributed by atoms with E-state index in [1.807, 2.05) is 25.1 Å². The molecule has 1 aliphatic rings. The third kappa shape index (κ3) is 3.12. The number of halogens is 1. The number of amides is 2. The first kappa shape index (κ1) is 14.9. The predicted octanol–water partition coefficient (Wildman–Crippen LogP) is 2.94. The Morgan fingerprint density at radius 3 is 2.85 bits per heavy atom. The second-order valence-corrected chi connectivity index (χ2v) is 5.44. The molecule has 2 amide bonds. The topological polar surface area (TPSA) is 49.4 Å². The Morgan fingerprint density at radius 1 is 1.50 bits per heavy atom. The van der Waals surface area contributed by atoms with Gasteiger partial charge in [0.05, 0.1) is 0 Å². The van der Waals surface area contributed by atoms with Crippen molar-refractivity contribution >= 4 is 34.8 Å². The third-order valence-corrected chi connectivity index (χ3v) is 3.96. The summed E-state index contributed by atoms with van der Waals surface area (Å²) in [7, 11) is 0. The monoisotopic (exact) mass is 294 g/mol. The van der Waals surface area contributed by atoms with Crippen LogP contribution in [-0.2, 0) is 9.59 Å². The van der Waals surface area contributed by atoms with Gasteiger partial charge in [0.2, 0.25) is 11.8 Å². The molecule has 1 aliphatic heterocycles. The highest BCUT2D eigenvalue weighted by Gasteiger charge is 2.30. The summed E-state index contributed by atoms with van der Waals surface area (Å²) in [4.78, 5) is 25.3. The van der Waals surface area contributed by atoms with Gasteiger partial charge in [0, 0.05) is 36.6 Å². The second kappa shape index (κ2) is 6.27. The van der Waals surface area contributed by atoms with Gasteiger partial charge in [0.1, 0.15) is 0 Å². The summed E-state index contributed by atoms with van der Waals surface area (Å²) in [5, 5.41) is 2.82. The average Bonchev–Trinajstić information content (AvgIpc) is 2.82. The van der Waals surface area contributed by atoms with Crippen molar-refractivity contribution in [3.63, 3.8) is 0 Å². The van der Waals surface area contributed by atoms with E-state index in [4.69, 9.17) is 11.6 Å². The van der Waals surface area contributed by atoms with Gasteiger partial charge in [-0.25, -0.2) is 0 Å². The summed E-state index contributed by atoms with van der Waals surface area (Å²) in [6.07, 6.45) is 0.925. The molecule has 1 unspecified atom stereocenters. The highest BCUT2D eigenvalue weighted by atomic mass is 35.5. The SMILES string of the molecule is CCC(=O)Nc1ccc(C)c(N2CC(CCl)CC2=O)c1. The van der Waals surface area contributed by atoms with Crippen LogP contribution in [0.1, 0.15) is 25.3 Å². The van der Waals surface area contributed by atoms with E-state index in [2.05, 4.69) is 5.32 Å². The molecule has 2 rings (SSSR count). The quantitative estimate of drug-likeness (QED) is 0.868. The van der Waals surface area contributed by atoms with Gasteiger partial charge in [-0.1, -0.05) is 13.0 Å². The lowest BCUT2D eigenvalue weighted by Crippen LogP contribution is -2.25. The first-order valence-electron chi connectivity index (χ1n) is 6.82. The fourth-order valence-corrected chi connectivity index (χ4v) is 2.55. The van der Waals surface area contributed by atoms with Crippen LogP contribution in [0.5, 0.6) is 0 Å². The minimum Gasteiger partial charge on any atom is -0.326 e. The van der Waals surface area contributed by atoms with E-state index in [0.29, 0.717) is 25.3 Å². The van der Waals surface area contributed by atoms with Crippen molar-refractivity contribution in [3.05, 3.63) is 23.8 Å². The number of aryl methyl sites for hydroxylation is 1. The van der Waals surface area contributed by atoms with Crippen molar-refractivity contribution in [1.29, 1.82) is 0 Å². The van der Waals surface area contributed by atoms with Gasteiger partial charge in [-0.15, -0.1) is 11.6 Å². The number of rotatable bonds is 4. The van der Waals surface area contributed by atoms with Crippen LogP contribution >= 0.6 is 11.6 Å². The minimum absolute atomic E-state index is 0.0359. The smallest absolute Gasteiger partial charge is 0.227 e. The molecule has 0 aromatic heterocycles. The summed E-state index contributed by atoms with van der Waals surface area (Å²) < 4.78 is 0. The van der Waals surface area contributed by atoms with Crippen molar-refractivity contribution < 1.29 is 9.59 Å². The summed E-state index contributed by atoms with van der Waals surface area (Å²) in [6.45, 7) is 4.41. The molecule has 0 saturated carbocycles. The fourth-order valence-electron chi connectivity index (χ4n) is 2.35. The minimum atomic E-state index is -0.0359. The lowest BCUT2D eigenvalue weighted by atomic mass is 10.1. The predicted molar refractivity (Wildman–Crippen MR) is 81.3 cm³/mol. The molecule has 108 valence electrons. The zero-order valence-electron chi connectivity index (χ0n) is 11.8. The van der Waals surface area contributed by atoms with Gasteiger partial charge in [0.15, 0.2) is 0 Å². The number of alkyl halides is 1. The van der Waals surface area contributed by atoms with E-state index in [1.54, 1.807) is 11.8 Å². The van der Waals surface area contributed by atoms with Crippen molar-refractivity contribution in [3.8, 4) is 0 Å². The maximum Gasteiger partial charge on any atom is 0.227 e. The Bertz CT molecular complexity index is 531. The van der Waals surface area contributed by atoms with Crippen molar-refractivity contribution in [2.75, 3.05) is 22.6 Å². The Kier molecular flexibility index (Phi) is 4.65. The van der Waals surface area contributed by atoms with Crippen molar-refractivity contribution in [1.82, 2.24) is 0 Å². The second-order valence-electron chi connectivity index (χ2n) is 5.13. The summed E-state index contributed by atoms with van der Waals surface area (Å²) >= 11 is 5.85. The number of benzene rings is 1. The Morgan fingerprint density at radius 2 is 2.25 bits per heavy atom. The van der Waals surface area contributed by atoms with Crippen LogP contribution in [-0.4, -0.2) is 24.2 Å². The molecule has 0 aliphatic carbocycles. The molecule has 1 saturated heterocycles. The van der Waals surface area contributed by atoms with Crippen LogP contribution in [0.3, 0.4) is 0 Å². The zero-order valence-corrected chi connectivity index (χ0v) is 12.5. The Balaban J connectivity index is 2.25. The largest absolute Gasteiger partial charge is 0.326 e. The number of carbonyl (C=O) groups excluding carboxylic acids is 2. The van der Waals surface area contributed by atoms with E-state index >= 15 is 0 Å². The van der Waals surface area contributed by atoms with Crippen LogP contribution in [0, 0.1) is 12.8 Å². The number of nitrogens with one attached hydrogen (secondary N) is 1. The number of hydrogen-bond donors (Lipinski definition) is 1. The molecule has 0 spiro atoms. The van der Waals surface area contributed by atoms with Crippen molar-refractivity contribution in [2.24, 2.45) is 5.92 Å². The molecule has 5 heteroatoms. The zero-order chi connectivity index (χ0) is 14.7. The Labute approximate surface area is 124 Å². The molecule has 1 aromatic carbocycles. The maximum absolute atomic E-state index is 12.1. The van der Waals surface area contributed by atoms with E-state index in [9.17, 15) is 9.59 Å². The van der Waals surface area contributed by atoms with E-state index in [1.165, 1.54) is 0 Å². The molecule has 4 nitrogen and oxygen atoms in total. The highest BCUT2D eigenvalue weighted by molar-refractivity contribution is 6.18. The van der Waals surface area contributed by atoms with Gasteiger partial charge in [0.25, 0.3) is 0 Å². The van der Waals surface area contributed by atoms with Crippen LogP contribution in [0.4, 0.5) is 11.4 Å². The van der Waals surface area contributed by atoms with Gasteiger partial charge < -0.3 is 10.2 Å². The van der Waals surface area contributed by atoms with Crippen LogP contribution < -0.4 is 10.2 Å². The number of anilines is 2. The maximum atomic E-state index is 12.1. The van der Waals surface area contributed by atoms with E-state index < -0.39 is 0 Å². The third-order valence-electron chi connectivity index (χ3n) is 3.53. The van der Waals surface area contributed by atoms with Gasteiger partial charge in [-0.3, -0.25) is 9.59 Å². The van der Waals surface area contributed by atoms with Gasteiger partial charge in [-0.2, -0.15) is 0 Å². The van der Waals surface area contributed by atoms with E-state index in [-0.39, 0.29) is 17.7 Å². The summed E-state index contributed by atoms with van der Waals surface area (Å²) in [6, 6.07) is 5.63. The van der Waals surface area contributed by atoms with Crippen LogP contribution in [0.2, 0.25) is 0 Å². The molecule has 1 aromatic rings. The Hall–Kier alpha value is -1.55. The van der Waals surface area contributed by atoms with Gasteiger partial charge >= 0.3 is 0 Å². The molecule has 1 atom stereocenters. The molecule has 0 bridgehead atoms. The summed E-state index contributed by atoms with van der Waals surface area (Å²) in [5.74, 6) is 0.759. The van der Waals surface area contributed by atoms with Gasteiger partial charge in [-0.05, 0) is 30.5 Å². The molecule has 20 heavy (non-hydrogen) atoms. The molecule has 0 radical (unpaired) electrons. The number of nitrogens with zero attached hydrogens (tertiary/aromatic N) is 1. The van der Waals surface area contributed by atoms with Crippen molar-refractivity contribution in [2.45, 2.75) is 26.7 Å². The lowest BCUT2D eigenvalue weighted by Gasteiger charge is -2.20. The lowest BCUT2D eigenvalue weighted by molar-refractivity contribution is -0.117. The molecule has 1 heterocycles. The first-order chi connectivity index (χ1) is 9.55. The molecule has 1 fully saturated rings. The molecular weight excluding hydrogens is 276 g/mol. The molecular formula is C15H19ClN2O2.